The average molecular weight is 581 g/mol. The molecule has 13 heteroatoms. The Hall–Kier alpha value is -4.02. The Kier molecular flexibility index (Phi) is 8.70. The van der Waals surface area contributed by atoms with Crippen molar-refractivity contribution in [3.8, 4) is 17.2 Å². The van der Waals surface area contributed by atoms with Crippen molar-refractivity contribution in [2.24, 2.45) is 0 Å². The van der Waals surface area contributed by atoms with E-state index in [2.05, 4.69) is 29.9 Å². The zero-order valence-corrected chi connectivity index (χ0v) is 23.6. The number of hydrogen-bond acceptors (Lipinski definition) is 8. The monoisotopic (exact) mass is 580 g/mol. The molecular formula is C27H29ClN8O3S. The van der Waals surface area contributed by atoms with Gasteiger partial charge in [0, 0.05) is 86.0 Å². The maximum atomic E-state index is 13.7. The fraction of sp³-hybridized carbons (Fsp3) is 0.259. The van der Waals surface area contributed by atoms with Gasteiger partial charge in [-0.25, -0.2) is 9.97 Å². The first-order chi connectivity index (χ1) is 18.8. The predicted molar refractivity (Wildman–Crippen MR) is 157 cm³/mol. The first kappa shape index (κ1) is 29.0. The molecule has 0 bridgehead atoms. The number of nitrogens with one attached hydrogen (secondary N) is 3. The minimum absolute atomic E-state index is 0. The summed E-state index contributed by atoms with van der Waals surface area (Å²) in [5.74, 6) is 0.491. The van der Waals surface area contributed by atoms with Crippen molar-refractivity contribution >= 4 is 50.9 Å². The van der Waals surface area contributed by atoms with Crippen molar-refractivity contribution in [2.45, 2.75) is 6.92 Å². The minimum atomic E-state index is -3.88. The Morgan fingerprint density at radius 3 is 2.55 bits per heavy atom. The van der Waals surface area contributed by atoms with Crippen molar-refractivity contribution in [3.63, 3.8) is 0 Å². The van der Waals surface area contributed by atoms with Gasteiger partial charge >= 0.3 is 10.2 Å². The maximum Gasteiger partial charge on any atom is 0.301 e. The van der Waals surface area contributed by atoms with Gasteiger partial charge in [0.25, 0.3) is 0 Å². The fourth-order valence-corrected chi connectivity index (χ4v) is 5.41. The molecule has 40 heavy (non-hydrogen) atoms. The lowest BCUT2D eigenvalue weighted by Gasteiger charge is -2.28. The van der Waals surface area contributed by atoms with E-state index in [0.29, 0.717) is 16.6 Å². The van der Waals surface area contributed by atoms with Gasteiger partial charge in [-0.15, -0.1) is 12.4 Å². The van der Waals surface area contributed by atoms with E-state index in [4.69, 9.17) is 0 Å². The summed E-state index contributed by atoms with van der Waals surface area (Å²) < 4.78 is 28.7. The third-order valence-corrected chi connectivity index (χ3v) is 8.37. The summed E-state index contributed by atoms with van der Waals surface area (Å²) >= 11 is 0. The molecule has 4 aromatic rings. The summed E-state index contributed by atoms with van der Waals surface area (Å²) in [6.07, 6.45) is 5.07. The zero-order valence-electron chi connectivity index (χ0n) is 22.0. The van der Waals surface area contributed by atoms with E-state index in [1.54, 1.807) is 31.6 Å². The number of carbonyl (C=O) groups is 1. The van der Waals surface area contributed by atoms with Crippen LogP contribution in [0.3, 0.4) is 0 Å². The molecule has 0 aliphatic carbocycles. The van der Waals surface area contributed by atoms with Gasteiger partial charge in [-0.2, -0.15) is 18.0 Å². The SMILES string of the molecule is CCN(C)S(=O)(=O)Nc1cccc(C(=O)c2c[nH]c3ncc(-c4ccc(N5CCNCC5)nc4)cc23)c1C#N.Cl. The van der Waals surface area contributed by atoms with E-state index in [1.165, 1.54) is 19.2 Å². The summed E-state index contributed by atoms with van der Waals surface area (Å²) in [5.41, 5.74) is 2.57. The molecule has 0 atom stereocenters. The number of benzene rings is 1. The molecule has 0 saturated carbocycles. The Labute approximate surface area is 238 Å². The van der Waals surface area contributed by atoms with Crippen LogP contribution in [0.5, 0.6) is 0 Å². The van der Waals surface area contributed by atoms with Crippen molar-refractivity contribution in [1.29, 1.82) is 5.26 Å². The van der Waals surface area contributed by atoms with E-state index in [-0.39, 0.29) is 35.8 Å². The van der Waals surface area contributed by atoms with Crippen LogP contribution < -0.4 is 14.9 Å². The van der Waals surface area contributed by atoms with Gasteiger partial charge in [0.15, 0.2) is 5.78 Å². The summed E-state index contributed by atoms with van der Waals surface area (Å²) in [5, 5.41) is 13.8. The first-order valence-corrected chi connectivity index (χ1v) is 14.0. The summed E-state index contributed by atoms with van der Waals surface area (Å²) in [7, 11) is -2.46. The van der Waals surface area contributed by atoms with Crippen molar-refractivity contribution in [3.05, 3.63) is 71.7 Å². The van der Waals surface area contributed by atoms with Crippen LogP contribution in [0.15, 0.2) is 55.0 Å². The van der Waals surface area contributed by atoms with Crippen molar-refractivity contribution < 1.29 is 13.2 Å². The third-order valence-electron chi connectivity index (χ3n) is 6.81. The largest absolute Gasteiger partial charge is 0.354 e. The van der Waals surface area contributed by atoms with Gasteiger partial charge in [0.2, 0.25) is 0 Å². The minimum Gasteiger partial charge on any atom is -0.354 e. The van der Waals surface area contributed by atoms with Gasteiger partial charge in [0.05, 0.1) is 11.3 Å². The van der Waals surface area contributed by atoms with Crippen LogP contribution in [0.25, 0.3) is 22.2 Å². The molecule has 0 radical (unpaired) electrons. The Bertz CT molecular complexity index is 1680. The first-order valence-electron chi connectivity index (χ1n) is 12.5. The number of nitriles is 1. The van der Waals surface area contributed by atoms with E-state index in [0.717, 1.165) is 47.4 Å². The Balaban J connectivity index is 0.00000370. The highest BCUT2D eigenvalue weighted by molar-refractivity contribution is 7.90. The number of nitrogens with zero attached hydrogens (tertiary/aromatic N) is 5. The summed E-state index contributed by atoms with van der Waals surface area (Å²) in [6.45, 7) is 5.59. The number of piperazine rings is 1. The van der Waals surface area contributed by atoms with Gasteiger partial charge < -0.3 is 15.2 Å². The number of hydrogen-bond donors (Lipinski definition) is 3. The lowest BCUT2D eigenvalue weighted by molar-refractivity contribution is 0.104. The second-order valence-corrected chi connectivity index (χ2v) is 10.9. The molecule has 3 N–H and O–H groups in total. The van der Waals surface area contributed by atoms with E-state index in [1.807, 2.05) is 24.3 Å². The molecule has 1 aromatic carbocycles. The van der Waals surface area contributed by atoms with Gasteiger partial charge in [0.1, 0.15) is 17.5 Å². The summed E-state index contributed by atoms with van der Waals surface area (Å²) in [4.78, 5) is 28.0. The molecule has 0 spiro atoms. The number of halogens is 1. The number of anilines is 2. The predicted octanol–water partition coefficient (Wildman–Crippen LogP) is 3.17. The zero-order chi connectivity index (χ0) is 27.6. The lowest BCUT2D eigenvalue weighted by Crippen LogP contribution is -2.43. The molecule has 208 valence electrons. The number of aromatic nitrogens is 3. The van der Waals surface area contributed by atoms with Gasteiger partial charge in [-0.3, -0.25) is 9.52 Å². The maximum absolute atomic E-state index is 13.7. The van der Waals surface area contributed by atoms with Crippen LogP contribution in [0.1, 0.15) is 28.4 Å². The Morgan fingerprint density at radius 1 is 1.12 bits per heavy atom. The van der Waals surface area contributed by atoms with E-state index < -0.39 is 16.0 Å². The van der Waals surface area contributed by atoms with Crippen LogP contribution in [-0.2, 0) is 10.2 Å². The Morgan fingerprint density at radius 2 is 1.88 bits per heavy atom. The molecule has 1 fully saturated rings. The summed E-state index contributed by atoms with van der Waals surface area (Å²) in [6, 6.07) is 12.3. The highest BCUT2D eigenvalue weighted by Crippen LogP contribution is 2.29. The molecule has 0 unspecified atom stereocenters. The van der Waals surface area contributed by atoms with Crippen molar-refractivity contribution in [2.75, 3.05) is 49.4 Å². The van der Waals surface area contributed by atoms with Crippen LogP contribution in [-0.4, -0.2) is 73.2 Å². The van der Waals surface area contributed by atoms with E-state index >= 15 is 0 Å². The normalized spacial score (nSPS) is 13.6. The number of H-pyrrole nitrogens is 1. The van der Waals surface area contributed by atoms with E-state index in [9.17, 15) is 18.5 Å². The number of ketones is 1. The van der Waals surface area contributed by atoms with Crippen LogP contribution >= 0.6 is 12.4 Å². The molecule has 1 saturated heterocycles. The number of fused-ring (bicyclic) bond motifs is 1. The molecular weight excluding hydrogens is 552 g/mol. The molecule has 3 aromatic heterocycles. The molecule has 1 aliphatic rings. The quantitative estimate of drug-likeness (QED) is 0.269. The van der Waals surface area contributed by atoms with Gasteiger partial charge in [-0.05, 0) is 30.3 Å². The topological polar surface area (TPSA) is 147 Å². The number of pyridine rings is 2. The van der Waals surface area contributed by atoms with Crippen LogP contribution in [0.4, 0.5) is 11.5 Å². The van der Waals surface area contributed by atoms with Crippen LogP contribution in [0.2, 0.25) is 0 Å². The average Bonchev–Trinajstić information content (AvgIpc) is 3.40. The number of aromatic amines is 1. The number of carbonyl (C=O) groups excluding carboxylic acids is 1. The molecule has 1 aliphatic heterocycles. The fourth-order valence-electron chi connectivity index (χ4n) is 4.47. The highest BCUT2D eigenvalue weighted by Gasteiger charge is 2.23. The second kappa shape index (κ2) is 12.0. The lowest BCUT2D eigenvalue weighted by atomic mass is 9.97. The molecule has 0 amide bonds. The van der Waals surface area contributed by atoms with Crippen LogP contribution in [0, 0.1) is 11.3 Å². The molecule has 4 heterocycles. The second-order valence-electron chi connectivity index (χ2n) is 9.15. The number of rotatable bonds is 8. The standard InChI is InChI=1S/C27H28N8O3S.ClH/c1-3-34(2)39(37,38)33-24-6-4-5-20(22(24)14-28)26(36)23-17-32-27-21(23)13-19(16-31-27)18-7-8-25(30-15-18)35-11-9-29-10-12-35;/h4-8,13,15-17,29,33H,3,9-12H2,1-2H3,(H,31,32);1H. The van der Waals surface area contributed by atoms with Crippen molar-refractivity contribution in [1.82, 2.24) is 24.6 Å². The smallest absolute Gasteiger partial charge is 0.301 e. The molecule has 11 nitrogen and oxygen atoms in total. The highest BCUT2D eigenvalue weighted by atomic mass is 35.5. The van der Waals surface area contributed by atoms with Gasteiger partial charge in [-0.1, -0.05) is 13.0 Å². The third kappa shape index (κ3) is 5.64. The molecule has 5 rings (SSSR count).